The smallest absolute Gasteiger partial charge is 0.318 e. The van der Waals surface area contributed by atoms with E-state index < -0.39 is 18.1 Å². The first-order chi connectivity index (χ1) is 31.8. The minimum absolute atomic E-state index is 0.0260. The zero-order valence-electron chi connectivity index (χ0n) is 36.8. The number of nitrogens with zero attached hydrogens (tertiary/aromatic N) is 6. The topological polar surface area (TPSA) is 173 Å². The Bertz CT molecular complexity index is 2270. The first-order valence-corrected chi connectivity index (χ1v) is 23.2. The van der Waals surface area contributed by atoms with Crippen LogP contribution < -0.4 is 10.6 Å². The van der Waals surface area contributed by atoms with Gasteiger partial charge in [0.05, 0.1) is 44.4 Å². The van der Waals surface area contributed by atoms with E-state index in [0.717, 1.165) is 48.9 Å². The molecule has 16 nitrogen and oxygen atoms in total. The van der Waals surface area contributed by atoms with Crippen LogP contribution in [0, 0.1) is 0 Å². The van der Waals surface area contributed by atoms with Gasteiger partial charge in [-0.05, 0) is 66.7 Å². The van der Waals surface area contributed by atoms with E-state index in [1.54, 1.807) is 14.7 Å². The number of nitrogens with one attached hydrogen (secondary N) is 3. The molecule has 0 bridgehead atoms. The Labute approximate surface area is 379 Å². The van der Waals surface area contributed by atoms with E-state index in [4.69, 9.17) is 14.5 Å². The molecule has 342 valence electrons. The largest absolute Gasteiger partial charge is 0.378 e. The quantitative estimate of drug-likeness (QED) is 0.200. The number of aromatic amines is 1. The SMILES string of the molecule is O=C(NC(C(=O)N1CCCC1C(=O)N1CCC(c2ccc(-c3cnc(C4CCCN4C(=O)[C@H](NC(=O)N4CCOCC4)c4ccccc4)[nH]3)cc2)CC1)c1ccccc1)N1CCOCC1. The van der Waals surface area contributed by atoms with Gasteiger partial charge in [0.25, 0.3) is 5.91 Å². The van der Waals surface area contributed by atoms with Gasteiger partial charge in [-0.15, -0.1) is 0 Å². The number of ether oxygens (including phenoxy) is 2. The number of hydrogen-bond donors (Lipinski definition) is 3. The van der Waals surface area contributed by atoms with Crippen LogP contribution >= 0.6 is 0 Å². The standard InChI is InChI=1S/C49H59N9O7/c59-45(41-14-8-22-58(41)47(61)43(38-11-5-2-6-12-38)53-49(63)56-27-31-65-32-28-56)54-23-19-35(20-24-54)34-15-17-36(18-16-34)39-33-50-44(51-39)40-13-7-21-57(40)46(60)42(37-9-3-1-4-10-37)52-48(62)55-25-29-64-30-26-55/h1-6,9-12,15-18,33,35,40-43H,7-8,13-14,19-32H2,(H,50,51)(H,52,62)(H,53,63)/t40?,41?,42-,43?/m1/s1. The summed E-state index contributed by atoms with van der Waals surface area (Å²) in [5.41, 5.74) is 4.47. The van der Waals surface area contributed by atoms with Gasteiger partial charge in [0, 0.05) is 52.4 Å². The molecule has 0 aliphatic carbocycles. The number of likely N-dealkylation sites (tertiary alicyclic amines) is 3. The monoisotopic (exact) mass is 885 g/mol. The fourth-order valence-corrected chi connectivity index (χ4v) is 9.99. The van der Waals surface area contributed by atoms with Crippen LogP contribution in [-0.4, -0.2) is 149 Å². The third-order valence-corrected chi connectivity index (χ3v) is 13.7. The van der Waals surface area contributed by atoms with E-state index in [9.17, 15) is 24.0 Å². The second-order valence-corrected chi connectivity index (χ2v) is 17.6. The van der Waals surface area contributed by atoms with Crippen molar-refractivity contribution < 1.29 is 33.4 Å². The molecule has 3 unspecified atom stereocenters. The number of urea groups is 2. The maximum atomic E-state index is 14.3. The molecule has 5 aliphatic rings. The van der Waals surface area contributed by atoms with Crippen molar-refractivity contribution in [2.45, 2.75) is 68.6 Å². The molecule has 9 rings (SSSR count). The fourth-order valence-electron chi connectivity index (χ4n) is 9.99. The van der Waals surface area contributed by atoms with Crippen LogP contribution in [0.15, 0.2) is 91.1 Å². The van der Waals surface area contributed by atoms with E-state index in [0.29, 0.717) is 96.6 Å². The summed E-state index contributed by atoms with van der Waals surface area (Å²) in [4.78, 5) is 86.3. The van der Waals surface area contributed by atoms with Gasteiger partial charge in [0.15, 0.2) is 0 Å². The molecule has 0 spiro atoms. The Hall–Kier alpha value is -6.26. The summed E-state index contributed by atoms with van der Waals surface area (Å²) in [6.07, 6.45) is 6.34. The van der Waals surface area contributed by atoms with Crippen molar-refractivity contribution in [2.75, 3.05) is 78.8 Å². The number of benzene rings is 3. The van der Waals surface area contributed by atoms with Crippen molar-refractivity contribution in [3.05, 3.63) is 114 Å². The molecule has 16 heteroatoms. The Morgan fingerprint density at radius 1 is 0.585 bits per heavy atom. The van der Waals surface area contributed by atoms with Crippen molar-refractivity contribution in [3.8, 4) is 11.3 Å². The second kappa shape index (κ2) is 20.3. The molecular formula is C49H59N9O7. The van der Waals surface area contributed by atoms with Crippen LogP contribution in [0.1, 0.15) is 85.1 Å². The molecule has 6 heterocycles. The van der Waals surface area contributed by atoms with Crippen LogP contribution in [0.5, 0.6) is 0 Å². The number of morpholine rings is 2. The summed E-state index contributed by atoms with van der Waals surface area (Å²) in [6.45, 7) is 5.96. The first kappa shape index (κ1) is 44.0. The van der Waals surface area contributed by atoms with Crippen molar-refractivity contribution >= 4 is 29.8 Å². The third kappa shape index (κ3) is 9.88. The molecule has 0 radical (unpaired) electrons. The van der Waals surface area contributed by atoms with Gasteiger partial charge in [0.1, 0.15) is 23.9 Å². The summed E-state index contributed by atoms with van der Waals surface area (Å²) in [7, 11) is 0. The van der Waals surface area contributed by atoms with Gasteiger partial charge in [-0.3, -0.25) is 14.4 Å². The highest BCUT2D eigenvalue weighted by Gasteiger charge is 2.42. The van der Waals surface area contributed by atoms with Crippen LogP contribution in [-0.2, 0) is 23.9 Å². The van der Waals surface area contributed by atoms with Crippen molar-refractivity contribution in [2.24, 2.45) is 0 Å². The van der Waals surface area contributed by atoms with E-state index >= 15 is 0 Å². The lowest BCUT2D eigenvalue weighted by molar-refractivity contribution is -0.145. The van der Waals surface area contributed by atoms with Crippen molar-refractivity contribution in [1.82, 2.24) is 45.1 Å². The van der Waals surface area contributed by atoms with Gasteiger partial charge in [-0.1, -0.05) is 84.9 Å². The molecule has 3 N–H and O–H groups in total. The maximum absolute atomic E-state index is 14.3. The number of amides is 7. The van der Waals surface area contributed by atoms with Gasteiger partial charge >= 0.3 is 12.1 Å². The van der Waals surface area contributed by atoms with Gasteiger partial charge in [0.2, 0.25) is 11.8 Å². The van der Waals surface area contributed by atoms with Gasteiger partial charge in [-0.25, -0.2) is 14.6 Å². The summed E-state index contributed by atoms with van der Waals surface area (Å²) in [5, 5.41) is 6.00. The normalized spacial score (nSPS) is 21.5. The molecule has 0 saturated carbocycles. The molecule has 1 aromatic heterocycles. The zero-order chi connectivity index (χ0) is 44.7. The lowest BCUT2D eigenvalue weighted by atomic mass is 9.88. The minimum Gasteiger partial charge on any atom is -0.378 e. The predicted molar refractivity (Wildman–Crippen MR) is 241 cm³/mol. The minimum atomic E-state index is -0.900. The maximum Gasteiger partial charge on any atom is 0.318 e. The highest BCUT2D eigenvalue weighted by Crippen LogP contribution is 2.36. The van der Waals surface area contributed by atoms with E-state index in [1.807, 2.05) is 76.7 Å². The molecule has 5 fully saturated rings. The van der Waals surface area contributed by atoms with E-state index in [2.05, 4.69) is 39.9 Å². The zero-order valence-corrected chi connectivity index (χ0v) is 36.8. The predicted octanol–water partition coefficient (Wildman–Crippen LogP) is 5.00. The molecule has 65 heavy (non-hydrogen) atoms. The number of imidazole rings is 1. The average molecular weight is 886 g/mol. The molecule has 7 amide bonds. The molecule has 4 atom stereocenters. The second-order valence-electron chi connectivity index (χ2n) is 17.6. The summed E-state index contributed by atoms with van der Waals surface area (Å²) in [5.74, 6) is 0.551. The number of H-pyrrole nitrogens is 1. The first-order valence-electron chi connectivity index (χ1n) is 23.2. The number of rotatable bonds is 10. The van der Waals surface area contributed by atoms with Crippen LogP contribution in [0.2, 0.25) is 0 Å². The molecule has 5 aliphatic heterocycles. The Kier molecular flexibility index (Phi) is 13.7. The average Bonchev–Trinajstić information content (AvgIpc) is 4.18. The van der Waals surface area contributed by atoms with Crippen LogP contribution in [0.3, 0.4) is 0 Å². The number of hydrogen-bond acceptors (Lipinski definition) is 8. The van der Waals surface area contributed by atoms with Gasteiger partial charge < -0.3 is 49.6 Å². The Morgan fingerprint density at radius 3 is 1.68 bits per heavy atom. The van der Waals surface area contributed by atoms with E-state index in [1.165, 1.54) is 5.56 Å². The number of carbonyl (C=O) groups excluding carboxylic acids is 5. The van der Waals surface area contributed by atoms with Crippen molar-refractivity contribution in [3.63, 3.8) is 0 Å². The third-order valence-electron chi connectivity index (χ3n) is 13.7. The molecule has 5 saturated heterocycles. The fraction of sp³-hybridized carbons (Fsp3) is 0.469. The highest BCUT2D eigenvalue weighted by atomic mass is 16.5. The lowest BCUT2D eigenvalue weighted by Crippen LogP contribution is -2.54. The van der Waals surface area contributed by atoms with Crippen molar-refractivity contribution in [1.29, 1.82) is 0 Å². The highest BCUT2D eigenvalue weighted by molar-refractivity contribution is 5.93. The molecular weight excluding hydrogens is 827 g/mol. The number of aromatic nitrogens is 2. The Morgan fingerprint density at radius 2 is 1.11 bits per heavy atom. The molecule has 4 aromatic rings. The lowest BCUT2D eigenvalue weighted by Gasteiger charge is -2.37. The van der Waals surface area contributed by atoms with Crippen LogP contribution in [0.25, 0.3) is 11.3 Å². The van der Waals surface area contributed by atoms with Gasteiger partial charge in [-0.2, -0.15) is 0 Å². The van der Waals surface area contributed by atoms with E-state index in [-0.39, 0.29) is 41.7 Å². The Balaban J connectivity index is 0.809. The summed E-state index contributed by atoms with van der Waals surface area (Å²) in [6, 6.07) is 24.0. The summed E-state index contributed by atoms with van der Waals surface area (Å²) < 4.78 is 10.8. The van der Waals surface area contributed by atoms with Crippen LogP contribution in [0.4, 0.5) is 9.59 Å². The molecule has 3 aromatic carbocycles. The summed E-state index contributed by atoms with van der Waals surface area (Å²) >= 11 is 0. The number of carbonyl (C=O) groups is 5. The number of piperidine rings is 1.